The first kappa shape index (κ1) is 11.7. The maximum Gasteiger partial charge on any atom is 0.123 e. The fraction of sp³-hybridized carbons (Fsp3) is 0.154. The van der Waals surface area contributed by atoms with Gasteiger partial charge in [0.2, 0.25) is 0 Å². The first-order valence-corrected chi connectivity index (χ1v) is 5.64. The van der Waals surface area contributed by atoms with Gasteiger partial charge in [0.25, 0.3) is 0 Å². The van der Waals surface area contributed by atoms with Gasteiger partial charge in [0, 0.05) is 24.5 Å². The highest BCUT2D eigenvalue weighted by Gasteiger charge is 2.03. The van der Waals surface area contributed by atoms with E-state index >= 15 is 0 Å². The lowest BCUT2D eigenvalue weighted by atomic mass is 10.2. The number of benzene rings is 1. The molecule has 1 aromatic carbocycles. The normalized spacial score (nSPS) is 10.0. The number of hydrogen-bond donors (Lipinski definition) is 1. The summed E-state index contributed by atoms with van der Waals surface area (Å²) in [5, 5.41) is 3.87. The van der Waals surface area contributed by atoms with Crippen molar-refractivity contribution < 1.29 is 4.74 Å². The number of nitrogens with one attached hydrogen (secondary N) is 1. The van der Waals surface area contributed by atoms with Crippen LogP contribution in [0, 0.1) is 0 Å². The molecule has 2 aromatic rings. The number of nitrogens with zero attached hydrogens (tertiary/aromatic N) is 1. The van der Waals surface area contributed by atoms with E-state index in [0.717, 1.165) is 17.0 Å². The molecular formula is C13H13ClN2O. The van der Waals surface area contributed by atoms with Gasteiger partial charge in [-0.05, 0) is 12.1 Å². The number of para-hydroxylation sites is 1. The molecule has 2 rings (SSSR count). The third-order valence-corrected chi connectivity index (χ3v) is 2.74. The molecule has 0 bridgehead atoms. The number of aromatic nitrogens is 1. The predicted molar refractivity (Wildman–Crippen MR) is 69.6 cm³/mol. The van der Waals surface area contributed by atoms with Crippen molar-refractivity contribution in [2.75, 3.05) is 12.4 Å². The molecule has 0 aliphatic rings. The molecule has 0 fully saturated rings. The Labute approximate surface area is 105 Å². The van der Waals surface area contributed by atoms with Crippen LogP contribution in [0.25, 0.3) is 0 Å². The zero-order valence-corrected chi connectivity index (χ0v) is 10.2. The van der Waals surface area contributed by atoms with Gasteiger partial charge >= 0.3 is 0 Å². The van der Waals surface area contributed by atoms with Crippen molar-refractivity contribution in [1.82, 2.24) is 4.98 Å². The van der Waals surface area contributed by atoms with Gasteiger partial charge in [-0.25, -0.2) is 0 Å². The summed E-state index contributed by atoms with van der Waals surface area (Å²) in [5.74, 6) is 0.866. The van der Waals surface area contributed by atoms with Crippen LogP contribution in [-0.2, 0) is 6.54 Å². The van der Waals surface area contributed by atoms with Crippen molar-refractivity contribution >= 4 is 17.3 Å². The van der Waals surface area contributed by atoms with Crippen LogP contribution in [-0.4, -0.2) is 12.1 Å². The summed E-state index contributed by atoms with van der Waals surface area (Å²) in [6, 6.07) is 9.72. The van der Waals surface area contributed by atoms with Gasteiger partial charge in [-0.3, -0.25) is 4.98 Å². The predicted octanol–water partition coefficient (Wildman–Crippen LogP) is 3.36. The van der Waals surface area contributed by atoms with E-state index < -0.39 is 0 Å². The van der Waals surface area contributed by atoms with E-state index in [1.807, 2.05) is 30.3 Å². The molecule has 17 heavy (non-hydrogen) atoms. The highest BCUT2D eigenvalue weighted by Crippen LogP contribution is 2.22. The summed E-state index contributed by atoms with van der Waals surface area (Å²) < 4.78 is 5.28. The van der Waals surface area contributed by atoms with E-state index in [0.29, 0.717) is 11.6 Å². The Morgan fingerprint density at radius 2 is 2.12 bits per heavy atom. The van der Waals surface area contributed by atoms with E-state index in [1.165, 1.54) is 0 Å². The Morgan fingerprint density at radius 1 is 1.29 bits per heavy atom. The Kier molecular flexibility index (Phi) is 3.83. The second kappa shape index (κ2) is 5.55. The van der Waals surface area contributed by atoms with Gasteiger partial charge < -0.3 is 10.1 Å². The standard InChI is InChI=1S/C13H13ClN2O/c1-17-13-5-3-2-4-10(13)8-16-12-6-7-15-9-11(12)14/h2-7,9H,8H2,1H3,(H,15,16). The number of rotatable bonds is 4. The van der Waals surface area contributed by atoms with E-state index in [2.05, 4.69) is 10.3 Å². The molecule has 1 aromatic heterocycles. The zero-order valence-electron chi connectivity index (χ0n) is 9.48. The molecule has 4 heteroatoms. The van der Waals surface area contributed by atoms with E-state index in [9.17, 15) is 0 Å². The summed E-state index contributed by atoms with van der Waals surface area (Å²) in [7, 11) is 1.66. The largest absolute Gasteiger partial charge is 0.496 e. The molecule has 0 aliphatic heterocycles. The van der Waals surface area contributed by atoms with Crippen LogP contribution in [0.5, 0.6) is 5.75 Å². The lowest BCUT2D eigenvalue weighted by molar-refractivity contribution is 0.410. The quantitative estimate of drug-likeness (QED) is 0.901. The van der Waals surface area contributed by atoms with Gasteiger partial charge in [0.05, 0.1) is 17.8 Å². The SMILES string of the molecule is COc1ccccc1CNc1ccncc1Cl. The van der Waals surface area contributed by atoms with Crippen molar-refractivity contribution in [3.8, 4) is 5.75 Å². The number of anilines is 1. The zero-order chi connectivity index (χ0) is 12.1. The van der Waals surface area contributed by atoms with E-state index in [1.54, 1.807) is 19.5 Å². The second-order valence-corrected chi connectivity index (χ2v) is 3.93. The Hall–Kier alpha value is -1.74. The smallest absolute Gasteiger partial charge is 0.123 e. The molecule has 0 aliphatic carbocycles. The van der Waals surface area contributed by atoms with Crippen LogP contribution < -0.4 is 10.1 Å². The number of methoxy groups -OCH3 is 1. The number of ether oxygens (including phenoxy) is 1. The number of pyridine rings is 1. The first-order valence-electron chi connectivity index (χ1n) is 5.26. The maximum absolute atomic E-state index is 6.01. The summed E-state index contributed by atoms with van der Waals surface area (Å²) in [4.78, 5) is 3.94. The number of halogens is 1. The molecule has 0 radical (unpaired) electrons. The molecule has 0 amide bonds. The van der Waals surface area contributed by atoms with E-state index in [4.69, 9.17) is 16.3 Å². The minimum atomic E-state index is 0.613. The average Bonchev–Trinajstić information content (AvgIpc) is 2.38. The van der Waals surface area contributed by atoms with Crippen LogP contribution in [0.1, 0.15) is 5.56 Å². The van der Waals surface area contributed by atoms with Crippen LogP contribution in [0.15, 0.2) is 42.7 Å². The third-order valence-electron chi connectivity index (χ3n) is 2.43. The molecule has 0 spiro atoms. The molecule has 1 heterocycles. The van der Waals surface area contributed by atoms with Gasteiger partial charge in [0.1, 0.15) is 5.75 Å². The van der Waals surface area contributed by atoms with Crippen LogP contribution in [0.2, 0.25) is 5.02 Å². The van der Waals surface area contributed by atoms with Gasteiger partial charge in [-0.2, -0.15) is 0 Å². The molecule has 3 nitrogen and oxygen atoms in total. The monoisotopic (exact) mass is 248 g/mol. The van der Waals surface area contributed by atoms with Crippen LogP contribution >= 0.6 is 11.6 Å². The van der Waals surface area contributed by atoms with Gasteiger partial charge in [0.15, 0.2) is 0 Å². The molecule has 0 unspecified atom stereocenters. The lowest BCUT2D eigenvalue weighted by Crippen LogP contribution is -2.02. The molecule has 88 valence electrons. The van der Waals surface area contributed by atoms with Crippen molar-refractivity contribution in [3.63, 3.8) is 0 Å². The third kappa shape index (κ3) is 2.88. The minimum Gasteiger partial charge on any atom is -0.496 e. The summed E-state index contributed by atoms with van der Waals surface area (Å²) >= 11 is 6.01. The summed E-state index contributed by atoms with van der Waals surface area (Å²) in [6.45, 7) is 0.660. The maximum atomic E-state index is 6.01. The molecule has 0 atom stereocenters. The van der Waals surface area contributed by atoms with Crippen molar-refractivity contribution in [2.45, 2.75) is 6.54 Å². The second-order valence-electron chi connectivity index (χ2n) is 3.52. The topological polar surface area (TPSA) is 34.1 Å². The molecular weight excluding hydrogens is 236 g/mol. The Morgan fingerprint density at radius 3 is 2.88 bits per heavy atom. The van der Waals surface area contributed by atoms with Crippen LogP contribution in [0.3, 0.4) is 0 Å². The van der Waals surface area contributed by atoms with Crippen molar-refractivity contribution in [1.29, 1.82) is 0 Å². The molecule has 1 N–H and O–H groups in total. The Bertz CT molecular complexity index is 502. The van der Waals surface area contributed by atoms with E-state index in [-0.39, 0.29) is 0 Å². The molecule has 0 saturated carbocycles. The van der Waals surface area contributed by atoms with Crippen LogP contribution in [0.4, 0.5) is 5.69 Å². The van der Waals surface area contributed by atoms with Crippen molar-refractivity contribution in [3.05, 3.63) is 53.3 Å². The minimum absolute atomic E-state index is 0.613. The summed E-state index contributed by atoms with van der Waals surface area (Å²) in [6.07, 6.45) is 3.32. The van der Waals surface area contributed by atoms with Crippen molar-refractivity contribution in [2.24, 2.45) is 0 Å². The van der Waals surface area contributed by atoms with Gasteiger partial charge in [-0.15, -0.1) is 0 Å². The summed E-state index contributed by atoms with van der Waals surface area (Å²) in [5.41, 5.74) is 1.95. The lowest BCUT2D eigenvalue weighted by Gasteiger charge is -2.11. The Balaban J connectivity index is 2.10. The highest BCUT2D eigenvalue weighted by molar-refractivity contribution is 6.33. The molecule has 0 saturated heterocycles. The highest BCUT2D eigenvalue weighted by atomic mass is 35.5. The average molecular weight is 249 g/mol. The fourth-order valence-corrected chi connectivity index (χ4v) is 1.74. The first-order chi connectivity index (χ1) is 8.31. The number of hydrogen-bond acceptors (Lipinski definition) is 3. The fourth-order valence-electron chi connectivity index (χ4n) is 1.56. The van der Waals surface area contributed by atoms with Gasteiger partial charge in [-0.1, -0.05) is 29.8 Å².